The molecule has 0 spiro atoms. The third kappa shape index (κ3) is 5.78. The highest BCUT2D eigenvalue weighted by Gasteiger charge is 2.20. The Morgan fingerprint density at radius 1 is 0.917 bits per heavy atom. The van der Waals surface area contributed by atoms with E-state index < -0.39 is 16.1 Å². The van der Waals surface area contributed by atoms with Crippen LogP contribution in [0.25, 0.3) is 0 Å². The van der Waals surface area contributed by atoms with Crippen molar-refractivity contribution in [1.82, 2.24) is 0 Å². The maximum Gasteiger partial charge on any atom is 0.0682 e. The molecule has 0 aliphatic heterocycles. The van der Waals surface area contributed by atoms with E-state index in [4.69, 9.17) is 0 Å². The third-order valence-electron chi connectivity index (χ3n) is 2.25. The molecule has 0 aliphatic carbocycles. The van der Waals surface area contributed by atoms with Gasteiger partial charge in [-0.3, -0.25) is 0 Å². The van der Waals surface area contributed by atoms with Crippen molar-refractivity contribution in [2.75, 3.05) is 0 Å². The molecule has 0 fully saturated rings. The molecule has 0 saturated carbocycles. The van der Waals surface area contributed by atoms with Gasteiger partial charge in [0.1, 0.15) is 0 Å². The minimum Gasteiger partial charge on any atom is -0.0989 e. The van der Waals surface area contributed by atoms with Gasteiger partial charge in [0, 0.05) is 0 Å². The summed E-state index contributed by atoms with van der Waals surface area (Å²) in [4.78, 5) is 0. The Morgan fingerprint density at radius 3 is 1.58 bits per heavy atom. The van der Waals surface area contributed by atoms with Gasteiger partial charge in [-0.1, -0.05) is 58.0 Å². The molecule has 12 heavy (non-hydrogen) atoms. The van der Waals surface area contributed by atoms with Crippen LogP contribution in [0.2, 0.25) is 44.8 Å². The second-order valence-corrected chi connectivity index (χ2v) is 16.6. The zero-order valence-electron chi connectivity index (χ0n) is 9.73. The number of hydrogen-bond donors (Lipinski definition) is 0. The Bertz CT molecular complexity index is 158. The van der Waals surface area contributed by atoms with E-state index in [-0.39, 0.29) is 0 Å². The molecule has 72 valence electrons. The summed E-state index contributed by atoms with van der Waals surface area (Å²) in [5.41, 5.74) is 3.31. The predicted octanol–water partition coefficient (Wildman–Crippen LogP) is 4.15. The van der Waals surface area contributed by atoms with E-state index in [1.165, 1.54) is 0 Å². The minimum absolute atomic E-state index is 0.823. The van der Waals surface area contributed by atoms with Crippen molar-refractivity contribution in [2.45, 2.75) is 51.7 Å². The van der Waals surface area contributed by atoms with E-state index >= 15 is 0 Å². The first-order valence-corrected chi connectivity index (χ1v) is 12.0. The highest BCUT2D eigenvalue weighted by atomic mass is 28.3. The summed E-state index contributed by atoms with van der Waals surface area (Å²) >= 11 is 0. The first kappa shape index (κ1) is 12.2. The molecule has 1 atom stereocenters. The lowest BCUT2D eigenvalue weighted by Gasteiger charge is -2.23. The van der Waals surface area contributed by atoms with Crippen LogP contribution in [0.15, 0.2) is 11.8 Å². The predicted molar refractivity (Wildman–Crippen MR) is 65.3 cm³/mol. The quantitative estimate of drug-likeness (QED) is 0.601. The van der Waals surface area contributed by atoms with Crippen LogP contribution < -0.4 is 0 Å². The molecule has 2 heteroatoms. The van der Waals surface area contributed by atoms with Crippen LogP contribution in [0, 0.1) is 0 Å². The van der Waals surface area contributed by atoms with E-state index in [9.17, 15) is 0 Å². The molecule has 0 aromatic rings. The normalized spacial score (nSPS) is 16.9. The molecule has 0 amide bonds. The zero-order valence-corrected chi connectivity index (χ0v) is 11.7. The van der Waals surface area contributed by atoms with Crippen LogP contribution >= 0.6 is 0 Å². The Kier molecular flexibility index (Phi) is 3.98. The lowest BCUT2D eigenvalue weighted by Crippen LogP contribution is -2.25. The van der Waals surface area contributed by atoms with Gasteiger partial charge in [-0.05, 0) is 5.54 Å². The van der Waals surface area contributed by atoms with Crippen molar-refractivity contribution in [2.24, 2.45) is 0 Å². The van der Waals surface area contributed by atoms with Crippen LogP contribution in [-0.2, 0) is 0 Å². The number of rotatable bonds is 3. The maximum atomic E-state index is 2.48. The Labute approximate surface area is 80.1 Å². The van der Waals surface area contributed by atoms with Gasteiger partial charge >= 0.3 is 0 Å². The van der Waals surface area contributed by atoms with Crippen molar-refractivity contribution >= 4 is 16.1 Å². The molecule has 0 aromatic heterocycles. The van der Waals surface area contributed by atoms with Crippen LogP contribution in [0.4, 0.5) is 0 Å². The van der Waals surface area contributed by atoms with Crippen molar-refractivity contribution in [3.63, 3.8) is 0 Å². The second kappa shape index (κ2) is 3.92. The molecule has 0 N–H and O–H groups in total. The van der Waals surface area contributed by atoms with E-state index in [1.54, 1.807) is 0 Å². The second-order valence-electron chi connectivity index (χ2n) is 5.88. The zero-order chi connectivity index (χ0) is 9.99. The lowest BCUT2D eigenvalue weighted by atomic mass is 10.5. The highest BCUT2D eigenvalue weighted by Crippen LogP contribution is 2.22. The standard InChI is InChI=1S/C10H24Si2/c1-10(12(5,6)7)8-9-11(2,3)4/h8-10H,1-7H3/b9-8+/t10-/m0/s1. The Balaban J connectivity index is 4.19. The Morgan fingerprint density at radius 2 is 1.33 bits per heavy atom. The summed E-state index contributed by atoms with van der Waals surface area (Å²) in [5, 5.41) is 0. The third-order valence-corrected chi connectivity index (χ3v) is 6.37. The summed E-state index contributed by atoms with van der Waals surface area (Å²) in [6.07, 6.45) is 2.46. The van der Waals surface area contributed by atoms with Crippen molar-refractivity contribution in [1.29, 1.82) is 0 Å². The molecule has 0 aliphatic rings. The van der Waals surface area contributed by atoms with Crippen LogP contribution in [-0.4, -0.2) is 16.1 Å². The van der Waals surface area contributed by atoms with E-state index in [0.717, 1.165) is 5.54 Å². The van der Waals surface area contributed by atoms with Gasteiger partial charge in [0.15, 0.2) is 0 Å². The summed E-state index contributed by atoms with van der Waals surface area (Å²) in [7, 11) is -1.88. The van der Waals surface area contributed by atoms with Crippen LogP contribution in [0.1, 0.15) is 6.92 Å². The molecule has 0 saturated heterocycles. The van der Waals surface area contributed by atoms with Crippen LogP contribution in [0.3, 0.4) is 0 Å². The number of allylic oxidation sites excluding steroid dienone is 1. The SMILES string of the molecule is C[C@@H](/C=C/[Si](C)(C)C)[Si](C)(C)C. The van der Waals surface area contributed by atoms with Crippen molar-refractivity contribution < 1.29 is 0 Å². The summed E-state index contributed by atoms with van der Waals surface area (Å²) in [5.74, 6) is 0. The molecular weight excluding hydrogens is 176 g/mol. The highest BCUT2D eigenvalue weighted by molar-refractivity contribution is 6.81. The number of hydrogen-bond acceptors (Lipinski definition) is 0. The molecule has 0 aromatic carbocycles. The minimum atomic E-state index is -0.957. The first-order valence-electron chi connectivity index (χ1n) is 4.82. The molecule has 0 unspecified atom stereocenters. The van der Waals surface area contributed by atoms with E-state index in [0.29, 0.717) is 0 Å². The van der Waals surface area contributed by atoms with Gasteiger partial charge in [0.2, 0.25) is 0 Å². The fraction of sp³-hybridized carbons (Fsp3) is 0.800. The largest absolute Gasteiger partial charge is 0.0989 e. The lowest BCUT2D eigenvalue weighted by molar-refractivity contribution is 1.13. The van der Waals surface area contributed by atoms with Gasteiger partial charge in [-0.25, -0.2) is 0 Å². The summed E-state index contributed by atoms with van der Waals surface area (Å²) in [6.45, 7) is 16.8. The van der Waals surface area contributed by atoms with E-state index in [1.807, 2.05) is 0 Å². The van der Waals surface area contributed by atoms with Gasteiger partial charge in [0.25, 0.3) is 0 Å². The average molecular weight is 200 g/mol. The molecule has 0 bridgehead atoms. The average Bonchev–Trinajstić information content (AvgIpc) is 1.78. The van der Waals surface area contributed by atoms with Crippen molar-refractivity contribution in [3.8, 4) is 0 Å². The molecule has 0 radical (unpaired) electrons. The maximum absolute atomic E-state index is 2.48. The van der Waals surface area contributed by atoms with Crippen LogP contribution in [0.5, 0.6) is 0 Å². The smallest absolute Gasteiger partial charge is 0.0682 e. The molecular formula is C10H24Si2. The Hall–Kier alpha value is 0.174. The van der Waals surface area contributed by atoms with E-state index in [2.05, 4.69) is 58.0 Å². The van der Waals surface area contributed by atoms with Gasteiger partial charge < -0.3 is 0 Å². The summed E-state index contributed by atoms with van der Waals surface area (Å²) < 4.78 is 0. The fourth-order valence-corrected chi connectivity index (χ4v) is 2.45. The fourth-order valence-electron chi connectivity index (χ4n) is 0.722. The summed E-state index contributed by atoms with van der Waals surface area (Å²) in [6, 6.07) is 0. The molecule has 0 heterocycles. The first-order chi connectivity index (χ1) is 5.13. The van der Waals surface area contributed by atoms with Crippen molar-refractivity contribution in [3.05, 3.63) is 11.8 Å². The van der Waals surface area contributed by atoms with Gasteiger partial charge in [0.05, 0.1) is 16.1 Å². The van der Waals surface area contributed by atoms with Gasteiger partial charge in [-0.2, -0.15) is 0 Å². The monoisotopic (exact) mass is 200 g/mol. The molecule has 0 rings (SSSR count). The van der Waals surface area contributed by atoms with Gasteiger partial charge in [-0.15, -0.1) is 0 Å². The molecule has 0 nitrogen and oxygen atoms in total. The topological polar surface area (TPSA) is 0 Å².